The molecular weight excluding hydrogens is 154 g/mol. The molecule has 0 saturated heterocycles. The van der Waals surface area contributed by atoms with Crippen molar-refractivity contribution in [1.29, 1.82) is 0 Å². The van der Waals surface area contributed by atoms with Gasteiger partial charge in [-0.15, -0.1) is 0 Å². The maximum atomic E-state index is 9.61. The molecule has 0 saturated carbocycles. The maximum Gasteiger partial charge on any atom is 0.0856 e. The number of nitrogens with one attached hydrogen (secondary N) is 1. The average molecular weight is 169 g/mol. The lowest BCUT2D eigenvalue weighted by Crippen LogP contribution is -2.27. The van der Waals surface area contributed by atoms with Crippen molar-refractivity contribution in [2.45, 2.75) is 18.9 Å². The van der Waals surface area contributed by atoms with E-state index in [1.807, 2.05) is 12.2 Å². The normalized spacial score (nSPS) is 28.4. The van der Waals surface area contributed by atoms with Crippen LogP contribution in [-0.2, 0) is 0 Å². The molecule has 1 rings (SSSR count). The SMILES string of the molecule is CC1(O)C=C(NCCO)C=CC1. The third-order valence-corrected chi connectivity index (χ3v) is 1.74. The van der Waals surface area contributed by atoms with Gasteiger partial charge in [0.05, 0.1) is 12.2 Å². The number of aliphatic hydroxyl groups excluding tert-OH is 1. The molecule has 12 heavy (non-hydrogen) atoms. The van der Waals surface area contributed by atoms with Crippen LogP contribution in [-0.4, -0.2) is 29.0 Å². The third-order valence-electron chi connectivity index (χ3n) is 1.74. The molecule has 0 bridgehead atoms. The molecule has 3 heteroatoms. The van der Waals surface area contributed by atoms with Gasteiger partial charge in [-0.05, 0) is 25.5 Å². The van der Waals surface area contributed by atoms with Gasteiger partial charge in [0.25, 0.3) is 0 Å². The smallest absolute Gasteiger partial charge is 0.0856 e. The molecule has 0 fully saturated rings. The minimum Gasteiger partial charge on any atom is -0.395 e. The van der Waals surface area contributed by atoms with E-state index in [9.17, 15) is 5.11 Å². The number of hydrogen-bond donors (Lipinski definition) is 3. The van der Waals surface area contributed by atoms with E-state index in [4.69, 9.17) is 5.11 Å². The zero-order valence-electron chi connectivity index (χ0n) is 7.25. The highest BCUT2D eigenvalue weighted by molar-refractivity contribution is 5.26. The van der Waals surface area contributed by atoms with E-state index in [1.165, 1.54) is 0 Å². The van der Waals surface area contributed by atoms with Crippen LogP contribution in [0.1, 0.15) is 13.3 Å². The van der Waals surface area contributed by atoms with Crippen LogP contribution in [0.5, 0.6) is 0 Å². The quantitative estimate of drug-likeness (QED) is 0.564. The predicted octanol–water partition coefficient (Wildman–Crippen LogP) is 0.163. The van der Waals surface area contributed by atoms with Crippen LogP contribution in [0, 0.1) is 0 Å². The second-order valence-electron chi connectivity index (χ2n) is 3.21. The lowest BCUT2D eigenvalue weighted by Gasteiger charge is -2.22. The predicted molar refractivity (Wildman–Crippen MR) is 47.6 cm³/mol. The molecule has 1 aliphatic carbocycles. The lowest BCUT2D eigenvalue weighted by atomic mass is 9.96. The molecule has 1 atom stereocenters. The highest BCUT2D eigenvalue weighted by Gasteiger charge is 2.18. The Morgan fingerprint density at radius 2 is 2.42 bits per heavy atom. The standard InChI is InChI=1S/C9H15NO2/c1-9(12)4-2-3-8(7-9)10-5-6-11/h2-3,7,10-12H,4-6H2,1H3. The summed E-state index contributed by atoms with van der Waals surface area (Å²) in [6.07, 6.45) is 6.24. The molecule has 68 valence electrons. The van der Waals surface area contributed by atoms with Crippen LogP contribution in [0.4, 0.5) is 0 Å². The van der Waals surface area contributed by atoms with Gasteiger partial charge in [0.1, 0.15) is 0 Å². The highest BCUT2D eigenvalue weighted by atomic mass is 16.3. The highest BCUT2D eigenvalue weighted by Crippen LogP contribution is 2.18. The zero-order chi connectivity index (χ0) is 9.03. The topological polar surface area (TPSA) is 52.5 Å². The van der Waals surface area contributed by atoms with Crippen molar-refractivity contribution < 1.29 is 10.2 Å². The largest absolute Gasteiger partial charge is 0.395 e. The van der Waals surface area contributed by atoms with E-state index < -0.39 is 5.60 Å². The molecule has 3 nitrogen and oxygen atoms in total. The Morgan fingerprint density at radius 3 is 3.00 bits per heavy atom. The molecule has 0 heterocycles. The van der Waals surface area contributed by atoms with Crippen molar-refractivity contribution in [1.82, 2.24) is 5.32 Å². The van der Waals surface area contributed by atoms with E-state index in [2.05, 4.69) is 5.32 Å². The minimum absolute atomic E-state index is 0.104. The second-order valence-corrected chi connectivity index (χ2v) is 3.21. The number of aliphatic hydroxyl groups is 2. The molecule has 0 aromatic carbocycles. The van der Waals surface area contributed by atoms with Crippen molar-refractivity contribution in [2.75, 3.05) is 13.2 Å². The van der Waals surface area contributed by atoms with Gasteiger partial charge in [-0.25, -0.2) is 0 Å². The Bertz CT molecular complexity index is 207. The first-order valence-corrected chi connectivity index (χ1v) is 4.10. The summed E-state index contributed by atoms with van der Waals surface area (Å²) >= 11 is 0. The monoisotopic (exact) mass is 169 g/mol. The van der Waals surface area contributed by atoms with Gasteiger partial charge in [0.15, 0.2) is 0 Å². The second kappa shape index (κ2) is 3.74. The molecule has 0 amide bonds. The Hall–Kier alpha value is -0.800. The van der Waals surface area contributed by atoms with Crippen molar-refractivity contribution >= 4 is 0 Å². The molecular formula is C9H15NO2. The summed E-state index contributed by atoms with van der Waals surface area (Å²) in [4.78, 5) is 0. The van der Waals surface area contributed by atoms with Crippen LogP contribution in [0.25, 0.3) is 0 Å². The van der Waals surface area contributed by atoms with Crippen molar-refractivity contribution in [3.8, 4) is 0 Å². The Labute approximate surface area is 72.4 Å². The van der Waals surface area contributed by atoms with Crippen LogP contribution in [0.15, 0.2) is 23.9 Å². The maximum absolute atomic E-state index is 9.61. The molecule has 0 spiro atoms. The Morgan fingerprint density at radius 1 is 1.67 bits per heavy atom. The first-order chi connectivity index (χ1) is 5.64. The van der Waals surface area contributed by atoms with Gasteiger partial charge in [0.2, 0.25) is 0 Å². The summed E-state index contributed by atoms with van der Waals surface area (Å²) < 4.78 is 0. The first kappa shape index (κ1) is 9.29. The number of rotatable bonds is 3. The molecule has 3 N–H and O–H groups in total. The third kappa shape index (κ3) is 2.68. The van der Waals surface area contributed by atoms with Crippen LogP contribution in [0.3, 0.4) is 0 Å². The van der Waals surface area contributed by atoms with Crippen LogP contribution >= 0.6 is 0 Å². The number of allylic oxidation sites excluding steroid dienone is 1. The summed E-state index contributed by atoms with van der Waals surface area (Å²) in [7, 11) is 0. The van der Waals surface area contributed by atoms with Crippen LogP contribution in [0.2, 0.25) is 0 Å². The fraction of sp³-hybridized carbons (Fsp3) is 0.556. The van der Waals surface area contributed by atoms with E-state index in [-0.39, 0.29) is 6.61 Å². The summed E-state index contributed by atoms with van der Waals surface area (Å²) in [5, 5.41) is 21.2. The van der Waals surface area contributed by atoms with Crippen LogP contribution < -0.4 is 5.32 Å². The lowest BCUT2D eigenvalue weighted by molar-refractivity contribution is 0.112. The first-order valence-electron chi connectivity index (χ1n) is 4.10. The van der Waals surface area contributed by atoms with Crippen molar-refractivity contribution in [3.05, 3.63) is 23.9 Å². The molecule has 0 aliphatic heterocycles. The van der Waals surface area contributed by atoms with Gasteiger partial charge >= 0.3 is 0 Å². The van der Waals surface area contributed by atoms with Crippen molar-refractivity contribution in [3.63, 3.8) is 0 Å². The van der Waals surface area contributed by atoms with E-state index in [0.717, 1.165) is 5.70 Å². The fourth-order valence-corrected chi connectivity index (χ4v) is 1.18. The van der Waals surface area contributed by atoms with Crippen molar-refractivity contribution in [2.24, 2.45) is 0 Å². The van der Waals surface area contributed by atoms with E-state index in [1.54, 1.807) is 13.0 Å². The molecule has 1 aliphatic rings. The minimum atomic E-state index is -0.744. The number of hydrogen-bond acceptors (Lipinski definition) is 3. The molecule has 0 radical (unpaired) electrons. The van der Waals surface area contributed by atoms with Gasteiger partial charge in [-0.2, -0.15) is 0 Å². The zero-order valence-corrected chi connectivity index (χ0v) is 7.25. The van der Waals surface area contributed by atoms with Gasteiger partial charge < -0.3 is 15.5 Å². The van der Waals surface area contributed by atoms with E-state index in [0.29, 0.717) is 13.0 Å². The Balaban J connectivity index is 2.52. The fourth-order valence-electron chi connectivity index (χ4n) is 1.18. The molecule has 1 unspecified atom stereocenters. The molecule has 0 aromatic heterocycles. The summed E-state index contributed by atoms with van der Waals surface area (Å²) in [5.74, 6) is 0. The van der Waals surface area contributed by atoms with Gasteiger partial charge in [-0.1, -0.05) is 6.08 Å². The van der Waals surface area contributed by atoms with E-state index >= 15 is 0 Å². The van der Waals surface area contributed by atoms with Gasteiger partial charge in [0, 0.05) is 12.2 Å². The summed E-state index contributed by atoms with van der Waals surface area (Å²) in [5.41, 5.74) is 0.132. The molecule has 0 aromatic rings. The van der Waals surface area contributed by atoms with Gasteiger partial charge in [-0.3, -0.25) is 0 Å². The average Bonchev–Trinajstić information content (AvgIpc) is 1.99. The summed E-state index contributed by atoms with van der Waals surface area (Å²) in [6, 6.07) is 0. The Kier molecular flexibility index (Phi) is 2.89. The summed E-state index contributed by atoms with van der Waals surface area (Å²) in [6.45, 7) is 2.39.